The molecule has 0 radical (unpaired) electrons. The summed E-state index contributed by atoms with van der Waals surface area (Å²) in [5.41, 5.74) is 0.210. The van der Waals surface area contributed by atoms with Gasteiger partial charge in [0.1, 0.15) is 0 Å². The number of H-pyrrole nitrogens is 1. The van der Waals surface area contributed by atoms with Gasteiger partial charge < -0.3 is 14.8 Å². The van der Waals surface area contributed by atoms with Crippen LogP contribution in [0.25, 0.3) is 0 Å². The van der Waals surface area contributed by atoms with Gasteiger partial charge in [-0.25, -0.2) is 4.79 Å². The van der Waals surface area contributed by atoms with E-state index in [1.807, 2.05) is 27.7 Å². The van der Waals surface area contributed by atoms with E-state index in [1.165, 1.54) is 12.3 Å². The largest absolute Gasteiger partial charge is 0.464 e. The molecule has 1 heterocycles. The summed E-state index contributed by atoms with van der Waals surface area (Å²) in [5.74, 6) is -0.762. The number of rotatable bonds is 6. The van der Waals surface area contributed by atoms with Gasteiger partial charge >= 0.3 is 5.97 Å². The number of ether oxygens (including phenoxy) is 1. The standard InChI is InChI=1S/C15H23NO4/c1-5-6-7-20-14(19)12(17)10-8-11(16-9-10)13(18)15(2,3)4/h8-9,12,16-17H,5-7H2,1-4H3/t12-/m1/s1. The van der Waals surface area contributed by atoms with Gasteiger partial charge in [0.05, 0.1) is 12.3 Å². The third-order valence-corrected chi connectivity index (χ3v) is 2.91. The Hall–Kier alpha value is -1.62. The lowest BCUT2D eigenvalue weighted by molar-refractivity contribution is -0.154. The summed E-state index contributed by atoms with van der Waals surface area (Å²) in [6.45, 7) is 7.72. The molecule has 2 N–H and O–H groups in total. The zero-order chi connectivity index (χ0) is 15.3. The lowest BCUT2D eigenvalue weighted by Crippen LogP contribution is -2.20. The van der Waals surface area contributed by atoms with Gasteiger partial charge in [-0.1, -0.05) is 34.1 Å². The first kappa shape index (κ1) is 16.4. The highest BCUT2D eigenvalue weighted by Crippen LogP contribution is 2.23. The molecule has 0 spiro atoms. The van der Waals surface area contributed by atoms with Gasteiger partial charge in [-0.15, -0.1) is 0 Å². The molecular weight excluding hydrogens is 258 g/mol. The predicted molar refractivity (Wildman–Crippen MR) is 75.4 cm³/mol. The van der Waals surface area contributed by atoms with E-state index in [-0.39, 0.29) is 5.78 Å². The second kappa shape index (κ2) is 6.70. The molecule has 0 saturated carbocycles. The summed E-state index contributed by atoms with van der Waals surface area (Å²) in [5, 5.41) is 9.88. The summed E-state index contributed by atoms with van der Waals surface area (Å²) in [6, 6.07) is 1.50. The maximum atomic E-state index is 12.1. The van der Waals surface area contributed by atoms with Gasteiger partial charge in [0, 0.05) is 17.2 Å². The molecule has 5 heteroatoms. The van der Waals surface area contributed by atoms with E-state index in [9.17, 15) is 14.7 Å². The maximum Gasteiger partial charge on any atom is 0.339 e. The molecule has 0 fully saturated rings. The van der Waals surface area contributed by atoms with Crippen molar-refractivity contribution in [2.45, 2.75) is 46.6 Å². The van der Waals surface area contributed by atoms with Crippen molar-refractivity contribution in [3.8, 4) is 0 Å². The van der Waals surface area contributed by atoms with E-state index in [0.29, 0.717) is 17.9 Å². The Morgan fingerprint density at radius 3 is 2.60 bits per heavy atom. The third-order valence-electron chi connectivity index (χ3n) is 2.91. The number of hydrogen-bond donors (Lipinski definition) is 2. The molecule has 1 aromatic rings. The highest BCUT2D eigenvalue weighted by atomic mass is 16.5. The van der Waals surface area contributed by atoms with E-state index < -0.39 is 17.5 Å². The van der Waals surface area contributed by atoms with E-state index in [0.717, 1.165) is 12.8 Å². The molecule has 0 aromatic carbocycles. The van der Waals surface area contributed by atoms with Crippen LogP contribution in [-0.2, 0) is 9.53 Å². The smallest absolute Gasteiger partial charge is 0.339 e. The monoisotopic (exact) mass is 281 g/mol. The summed E-state index contributed by atoms with van der Waals surface area (Å²) in [4.78, 5) is 26.5. The third kappa shape index (κ3) is 4.20. The van der Waals surface area contributed by atoms with E-state index in [4.69, 9.17) is 4.74 Å². The van der Waals surface area contributed by atoms with Gasteiger partial charge in [-0.2, -0.15) is 0 Å². The van der Waals surface area contributed by atoms with Crippen LogP contribution in [-0.4, -0.2) is 28.4 Å². The van der Waals surface area contributed by atoms with Crippen LogP contribution in [0.1, 0.15) is 62.7 Å². The number of aliphatic hydroxyl groups excluding tert-OH is 1. The molecule has 0 amide bonds. The van der Waals surface area contributed by atoms with Gasteiger partial charge in [0.2, 0.25) is 0 Å². The number of ketones is 1. The molecule has 0 saturated heterocycles. The maximum absolute atomic E-state index is 12.1. The van der Waals surface area contributed by atoms with Gasteiger partial charge in [-0.3, -0.25) is 4.79 Å². The van der Waals surface area contributed by atoms with Crippen molar-refractivity contribution in [3.63, 3.8) is 0 Å². The molecule has 0 unspecified atom stereocenters. The van der Waals surface area contributed by atoms with Crippen molar-refractivity contribution in [1.29, 1.82) is 0 Å². The van der Waals surface area contributed by atoms with Gasteiger partial charge in [-0.05, 0) is 12.5 Å². The Labute approximate surface area is 119 Å². The molecule has 0 aliphatic heterocycles. The van der Waals surface area contributed by atoms with E-state index in [1.54, 1.807) is 0 Å². The van der Waals surface area contributed by atoms with Crippen molar-refractivity contribution < 1.29 is 19.4 Å². The van der Waals surface area contributed by atoms with Crippen LogP contribution in [0, 0.1) is 5.41 Å². The average Bonchev–Trinajstić information content (AvgIpc) is 2.85. The quantitative estimate of drug-likeness (QED) is 0.477. The average molecular weight is 281 g/mol. The van der Waals surface area contributed by atoms with Crippen molar-refractivity contribution in [3.05, 3.63) is 23.5 Å². The topological polar surface area (TPSA) is 79.4 Å². The van der Waals surface area contributed by atoms with Gasteiger partial charge in [0.25, 0.3) is 0 Å². The fourth-order valence-electron chi connectivity index (χ4n) is 1.64. The summed E-state index contributed by atoms with van der Waals surface area (Å²) < 4.78 is 4.95. The van der Waals surface area contributed by atoms with Crippen LogP contribution >= 0.6 is 0 Å². The van der Waals surface area contributed by atoms with Crippen molar-refractivity contribution in [2.75, 3.05) is 6.61 Å². The molecule has 1 rings (SSSR count). The fraction of sp³-hybridized carbons (Fsp3) is 0.600. The Morgan fingerprint density at radius 1 is 1.40 bits per heavy atom. The molecule has 1 aromatic heterocycles. The van der Waals surface area contributed by atoms with Crippen LogP contribution in [0.2, 0.25) is 0 Å². The minimum Gasteiger partial charge on any atom is -0.464 e. The fourth-order valence-corrected chi connectivity index (χ4v) is 1.64. The van der Waals surface area contributed by atoms with Crippen molar-refractivity contribution in [2.24, 2.45) is 5.41 Å². The van der Waals surface area contributed by atoms with Crippen LogP contribution in [0.3, 0.4) is 0 Å². The summed E-state index contributed by atoms with van der Waals surface area (Å²) in [7, 11) is 0. The first-order chi connectivity index (χ1) is 9.27. The summed E-state index contributed by atoms with van der Waals surface area (Å²) in [6.07, 6.45) is 1.78. The highest BCUT2D eigenvalue weighted by molar-refractivity contribution is 5.98. The number of nitrogens with one attached hydrogen (secondary N) is 1. The van der Waals surface area contributed by atoms with E-state index >= 15 is 0 Å². The molecule has 20 heavy (non-hydrogen) atoms. The number of aliphatic hydroxyl groups is 1. The number of aromatic nitrogens is 1. The second-order valence-electron chi connectivity index (χ2n) is 5.85. The first-order valence-electron chi connectivity index (χ1n) is 6.85. The number of hydrogen-bond acceptors (Lipinski definition) is 4. The molecule has 0 aliphatic rings. The van der Waals surface area contributed by atoms with Crippen molar-refractivity contribution in [1.82, 2.24) is 4.98 Å². The number of carbonyl (C=O) groups excluding carboxylic acids is 2. The lowest BCUT2D eigenvalue weighted by Gasteiger charge is -2.14. The number of aromatic amines is 1. The normalized spacial score (nSPS) is 13.1. The predicted octanol–water partition coefficient (Wildman–Crippen LogP) is 2.62. The Balaban J connectivity index is 2.71. The zero-order valence-electron chi connectivity index (χ0n) is 12.5. The minimum atomic E-state index is -1.36. The number of unbranched alkanes of at least 4 members (excludes halogenated alkanes) is 1. The van der Waals surface area contributed by atoms with E-state index in [2.05, 4.69) is 4.98 Å². The molecule has 5 nitrogen and oxygen atoms in total. The van der Waals surface area contributed by atoms with Crippen LogP contribution in [0.15, 0.2) is 12.3 Å². The van der Waals surface area contributed by atoms with Crippen LogP contribution < -0.4 is 0 Å². The highest BCUT2D eigenvalue weighted by Gasteiger charge is 2.26. The van der Waals surface area contributed by atoms with Crippen LogP contribution in [0.5, 0.6) is 0 Å². The SMILES string of the molecule is CCCCOC(=O)[C@H](O)c1c[nH]c(C(=O)C(C)(C)C)c1. The number of Topliss-reactive ketones (excluding diaryl/α,β-unsaturated/α-hetero) is 1. The molecule has 112 valence electrons. The van der Waals surface area contributed by atoms with Crippen LogP contribution in [0.4, 0.5) is 0 Å². The Bertz CT molecular complexity index is 470. The Morgan fingerprint density at radius 2 is 2.05 bits per heavy atom. The number of esters is 1. The molecule has 1 atom stereocenters. The van der Waals surface area contributed by atoms with Crippen molar-refractivity contribution >= 4 is 11.8 Å². The first-order valence-corrected chi connectivity index (χ1v) is 6.85. The second-order valence-corrected chi connectivity index (χ2v) is 5.85. The lowest BCUT2D eigenvalue weighted by atomic mass is 9.89. The van der Waals surface area contributed by atoms with Gasteiger partial charge in [0.15, 0.2) is 11.9 Å². The number of carbonyl (C=O) groups is 2. The molecular formula is C15H23NO4. The molecule has 0 aliphatic carbocycles. The minimum absolute atomic E-state index is 0.0738. The molecule has 0 bridgehead atoms. The zero-order valence-corrected chi connectivity index (χ0v) is 12.5. The Kier molecular flexibility index (Phi) is 5.51. The summed E-state index contributed by atoms with van der Waals surface area (Å²) >= 11 is 0.